The van der Waals surface area contributed by atoms with Gasteiger partial charge in [0.05, 0.1) is 10.5 Å². The molecule has 6 nitrogen and oxygen atoms in total. The third-order valence-corrected chi connectivity index (χ3v) is 4.36. The topological polar surface area (TPSA) is 84.3 Å². The Kier molecular flexibility index (Phi) is 6.22. The minimum absolute atomic E-state index is 0.191. The number of nitrogens with one attached hydrogen (secondary N) is 2. The van der Waals surface area contributed by atoms with Crippen LogP contribution in [-0.4, -0.2) is 10.8 Å². The summed E-state index contributed by atoms with van der Waals surface area (Å²) in [5.74, 6) is 0.166. The van der Waals surface area contributed by atoms with Crippen LogP contribution in [0.25, 0.3) is 0 Å². The molecule has 2 N–H and O–H groups in total. The van der Waals surface area contributed by atoms with Crippen LogP contribution in [0.4, 0.5) is 24.5 Å². The average Bonchev–Trinajstić information content (AvgIpc) is 2.58. The molecule has 0 aromatic heterocycles. The minimum atomic E-state index is -4.67. The molecule has 1 fully saturated rings. The molecule has 0 saturated heterocycles. The van der Waals surface area contributed by atoms with E-state index in [2.05, 4.69) is 10.9 Å². The molecule has 0 unspecified atom stereocenters. The van der Waals surface area contributed by atoms with Crippen LogP contribution in [0.2, 0.25) is 0 Å². The van der Waals surface area contributed by atoms with Crippen molar-refractivity contribution >= 4 is 17.3 Å². The van der Waals surface area contributed by atoms with Gasteiger partial charge >= 0.3 is 6.18 Å². The Labute approximate surface area is 142 Å². The predicted molar refractivity (Wildman–Crippen MR) is 85.7 cm³/mol. The van der Waals surface area contributed by atoms with E-state index in [0.29, 0.717) is 12.0 Å². The van der Waals surface area contributed by atoms with E-state index in [0.717, 1.165) is 31.4 Å². The summed E-state index contributed by atoms with van der Waals surface area (Å²) in [7, 11) is 0. The molecule has 1 amide bonds. The zero-order chi connectivity index (χ0) is 18.4. The highest BCUT2D eigenvalue weighted by Crippen LogP contribution is 2.34. The number of nitro benzene ring substituents is 1. The van der Waals surface area contributed by atoms with Gasteiger partial charge in [0.15, 0.2) is 0 Å². The molecule has 2 rings (SSSR count). The highest BCUT2D eigenvalue weighted by Gasteiger charge is 2.33. The van der Waals surface area contributed by atoms with E-state index in [1.165, 1.54) is 19.3 Å². The largest absolute Gasteiger partial charge is 0.416 e. The van der Waals surface area contributed by atoms with Crippen LogP contribution in [-0.2, 0) is 11.0 Å². The molecule has 0 radical (unpaired) electrons. The smallest absolute Gasteiger partial charge is 0.292 e. The SMILES string of the molecule is O=C(CCC1CCCCC1)NNc1ccc(C(F)(F)F)cc1[N+](=O)[O-]. The number of carbonyl (C=O) groups is 1. The van der Waals surface area contributed by atoms with Crippen molar-refractivity contribution in [1.82, 2.24) is 5.43 Å². The van der Waals surface area contributed by atoms with E-state index in [1.54, 1.807) is 0 Å². The number of alkyl halides is 3. The molecule has 9 heteroatoms. The first-order chi connectivity index (χ1) is 11.8. The van der Waals surface area contributed by atoms with Crippen molar-refractivity contribution in [3.8, 4) is 0 Å². The summed E-state index contributed by atoms with van der Waals surface area (Å²) in [5.41, 5.74) is 2.61. The first-order valence-electron chi connectivity index (χ1n) is 8.18. The third-order valence-electron chi connectivity index (χ3n) is 4.36. The number of hydrogen-bond acceptors (Lipinski definition) is 4. The van der Waals surface area contributed by atoms with Gasteiger partial charge in [0.25, 0.3) is 5.69 Å². The monoisotopic (exact) mass is 359 g/mol. The summed E-state index contributed by atoms with van der Waals surface area (Å²) in [4.78, 5) is 21.9. The predicted octanol–water partition coefficient (Wildman–Crippen LogP) is 4.42. The van der Waals surface area contributed by atoms with Crippen LogP contribution in [0, 0.1) is 16.0 Å². The lowest BCUT2D eigenvalue weighted by Gasteiger charge is -2.21. The summed E-state index contributed by atoms with van der Waals surface area (Å²) in [6, 6.07) is 2.10. The Bertz CT molecular complexity index is 629. The lowest BCUT2D eigenvalue weighted by Crippen LogP contribution is -2.30. The Morgan fingerprint density at radius 1 is 1.24 bits per heavy atom. The fourth-order valence-electron chi connectivity index (χ4n) is 2.98. The molecule has 0 atom stereocenters. The van der Waals surface area contributed by atoms with Gasteiger partial charge in [-0.2, -0.15) is 13.2 Å². The number of halogens is 3. The Morgan fingerprint density at radius 2 is 1.92 bits per heavy atom. The van der Waals surface area contributed by atoms with Crippen LogP contribution in [0.5, 0.6) is 0 Å². The van der Waals surface area contributed by atoms with Crippen molar-refractivity contribution in [3.05, 3.63) is 33.9 Å². The van der Waals surface area contributed by atoms with E-state index in [1.807, 2.05) is 0 Å². The van der Waals surface area contributed by atoms with Crippen molar-refractivity contribution in [2.24, 2.45) is 5.92 Å². The quantitative estimate of drug-likeness (QED) is 0.582. The summed E-state index contributed by atoms with van der Waals surface area (Å²) in [6.07, 6.45) is 2.10. The Hall–Kier alpha value is -2.32. The third kappa shape index (κ3) is 5.61. The summed E-state index contributed by atoms with van der Waals surface area (Å²) >= 11 is 0. The highest BCUT2D eigenvalue weighted by molar-refractivity contribution is 5.78. The molecular weight excluding hydrogens is 339 g/mol. The van der Waals surface area contributed by atoms with E-state index in [4.69, 9.17) is 0 Å². The van der Waals surface area contributed by atoms with Gasteiger partial charge in [-0.3, -0.25) is 25.8 Å². The Balaban J connectivity index is 1.92. The first kappa shape index (κ1) is 19.0. The normalized spacial score (nSPS) is 15.6. The van der Waals surface area contributed by atoms with Gasteiger partial charge in [0, 0.05) is 12.5 Å². The second kappa shape index (κ2) is 8.17. The summed E-state index contributed by atoms with van der Waals surface area (Å²) in [5, 5.41) is 11.0. The van der Waals surface area contributed by atoms with Gasteiger partial charge in [-0.1, -0.05) is 32.1 Å². The zero-order valence-electron chi connectivity index (χ0n) is 13.6. The number of carbonyl (C=O) groups excluding carboxylic acids is 1. The standard InChI is InChI=1S/C16H20F3N3O3/c17-16(18,19)12-7-8-13(14(10-12)22(24)25)20-21-15(23)9-6-11-4-2-1-3-5-11/h7-8,10-11,20H,1-6,9H2,(H,21,23). The molecule has 1 aromatic rings. The maximum absolute atomic E-state index is 12.6. The van der Waals surface area contributed by atoms with Crippen molar-refractivity contribution < 1.29 is 22.9 Å². The van der Waals surface area contributed by atoms with Crippen LogP contribution >= 0.6 is 0 Å². The van der Waals surface area contributed by atoms with E-state index >= 15 is 0 Å². The molecule has 25 heavy (non-hydrogen) atoms. The van der Waals surface area contributed by atoms with Crippen LogP contribution in [0.15, 0.2) is 18.2 Å². The minimum Gasteiger partial charge on any atom is -0.292 e. The molecule has 1 saturated carbocycles. The molecular formula is C16H20F3N3O3. The van der Waals surface area contributed by atoms with Gasteiger partial charge in [-0.15, -0.1) is 0 Å². The summed E-state index contributed by atoms with van der Waals surface area (Å²) in [6.45, 7) is 0. The first-order valence-corrected chi connectivity index (χ1v) is 8.18. The van der Waals surface area contributed by atoms with Gasteiger partial charge in [-0.25, -0.2) is 0 Å². The number of amides is 1. The van der Waals surface area contributed by atoms with Crippen LogP contribution < -0.4 is 10.9 Å². The van der Waals surface area contributed by atoms with E-state index < -0.39 is 22.4 Å². The fraction of sp³-hybridized carbons (Fsp3) is 0.562. The second-order valence-corrected chi connectivity index (χ2v) is 6.20. The number of anilines is 1. The summed E-state index contributed by atoms with van der Waals surface area (Å²) < 4.78 is 37.9. The molecule has 0 aliphatic heterocycles. The molecule has 0 spiro atoms. The van der Waals surface area contributed by atoms with Gasteiger partial charge in [-0.05, 0) is 24.5 Å². The van der Waals surface area contributed by atoms with Crippen molar-refractivity contribution in [1.29, 1.82) is 0 Å². The fourth-order valence-corrected chi connectivity index (χ4v) is 2.98. The van der Waals surface area contributed by atoms with Crippen molar-refractivity contribution in [3.63, 3.8) is 0 Å². The maximum atomic E-state index is 12.6. The maximum Gasteiger partial charge on any atom is 0.416 e. The average molecular weight is 359 g/mol. The molecule has 138 valence electrons. The molecule has 1 aliphatic carbocycles. The van der Waals surface area contributed by atoms with Gasteiger partial charge in [0.1, 0.15) is 5.69 Å². The lowest BCUT2D eigenvalue weighted by atomic mass is 9.86. The number of nitro groups is 1. The highest BCUT2D eigenvalue weighted by atomic mass is 19.4. The number of nitrogens with zero attached hydrogens (tertiary/aromatic N) is 1. The molecule has 0 bridgehead atoms. The molecule has 0 heterocycles. The van der Waals surface area contributed by atoms with E-state index in [9.17, 15) is 28.1 Å². The lowest BCUT2D eigenvalue weighted by molar-refractivity contribution is -0.384. The number of rotatable bonds is 6. The van der Waals surface area contributed by atoms with Gasteiger partial charge < -0.3 is 0 Å². The molecule has 1 aromatic carbocycles. The van der Waals surface area contributed by atoms with Crippen molar-refractivity contribution in [2.45, 2.75) is 51.1 Å². The zero-order valence-corrected chi connectivity index (χ0v) is 13.6. The van der Waals surface area contributed by atoms with Gasteiger partial charge in [0.2, 0.25) is 5.91 Å². The van der Waals surface area contributed by atoms with Crippen LogP contribution in [0.3, 0.4) is 0 Å². The van der Waals surface area contributed by atoms with Crippen LogP contribution in [0.1, 0.15) is 50.5 Å². The number of benzene rings is 1. The van der Waals surface area contributed by atoms with Crippen molar-refractivity contribution in [2.75, 3.05) is 5.43 Å². The second-order valence-electron chi connectivity index (χ2n) is 6.20. The van der Waals surface area contributed by atoms with E-state index in [-0.39, 0.29) is 18.0 Å². The molecule has 1 aliphatic rings. The number of hydrogen-bond donors (Lipinski definition) is 2. The Morgan fingerprint density at radius 3 is 2.52 bits per heavy atom. The number of hydrazine groups is 1.